The summed E-state index contributed by atoms with van der Waals surface area (Å²) in [6.07, 6.45) is 0.274. The number of rotatable bonds is 3. The first-order valence-electron chi connectivity index (χ1n) is 5.48. The molecule has 2 rings (SSSR count). The van der Waals surface area contributed by atoms with Crippen molar-refractivity contribution >= 4 is 0 Å². The van der Waals surface area contributed by atoms with Crippen molar-refractivity contribution in [2.45, 2.75) is 24.5 Å². The Kier molecular flexibility index (Phi) is 3.14. The average molecular weight is 245 g/mol. The largest absolute Gasteiger partial charge is 0.393 e. The van der Waals surface area contributed by atoms with Crippen LogP contribution < -0.4 is 5.73 Å². The van der Waals surface area contributed by atoms with E-state index in [0.29, 0.717) is 12.8 Å². The van der Waals surface area contributed by atoms with Gasteiger partial charge in [-0.25, -0.2) is 13.2 Å². The van der Waals surface area contributed by atoms with Gasteiger partial charge in [0.1, 0.15) is 6.67 Å². The van der Waals surface area contributed by atoms with E-state index in [4.69, 9.17) is 5.73 Å². The zero-order chi connectivity index (χ0) is 12.6. The Morgan fingerprint density at radius 1 is 1.35 bits per heavy atom. The zero-order valence-corrected chi connectivity index (χ0v) is 9.17. The van der Waals surface area contributed by atoms with Gasteiger partial charge in [-0.1, -0.05) is 12.1 Å². The number of aliphatic hydroxyl groups is 1. The van der Waals surface area contributed by atoms with Crippen LogP contribution in [0.25, 0.3) is 0 Å². The molecule has 1 aromatic carbocycles. The zero-order valence-electron chi connectivity index (χ0n) is 9.17. The number of hydrogen-bond acceptors (Lipinski definition) is 2. The van der Waals surface area contributed by atoms with Crippen LogP contribution in [0, 0.1) is 17.6 Å². The van der Waals surface area contributed by atoms with Gasteiger partial charge in [0.05, 0.1) is 11.6 Å². The number of alkyl halides is 1. The van der Waals surface area contributed by atoms with Gasteiger partial charge in [0.2, 0.25) is 0 Å². The van der Waals surface area contributed by atoms with Gasteiger partial charge >= 0.3 is 0 Å². The Morgan fingerprint density at radius 3 is 2.53 bits per heavy atom. The van der Waals surface area contributed by atoms with Gasteiger partial charge in [0, 0.05) is 11.5 Å². The molecule has 5 heteroatoms. The standard InChI is InChI=1S/C12H14F3NO/c13-6-12(16,7-4-5-10(7)17)8-2-1-3-9(14)11(8)15/h1-3,7,10,17H,4-6,16H2. The summed E-state index contributed by atoms with van der Waals surface area (Å²) >= 11 is 0. The molecule has 94 valence electrons. The number of benzene rings is 1. The molecule has 0 bridgehead atoms. The highest BCUT2D eigenvalue weighted by Gasteiger charge is 2.47. The number of halogens is 3. The molecule has 3 N–H and O–H groups in total. The molecule has 0 saturated heterocycles. The van der Waals surface area contributed by atoms with Crippen molar-refractivity contribution in [3.05, 3.63) is 35.4 Å². The Morgan fingerprint density at radius 2 is 2.06 bits per heavy atom. The third-order valence-electron chi connectivity index (χ3n) is 3.57. The lowest BCUT2D eigenvalue weighted by molar-refractivity contribution is -0.0319. The normalized spacial score (nSPS) is 27.4. The molecule has 1 fully saturated rings. The number of aliphatic hydroxyl groups excluding tert-OH is 1. The van der Waals surface area contributed by atoms with Gasteiger partial charge in [-0.15, -0.1) is 0 Å². The summed E-state index contributed by atoms with van der Waals surface area (Å²) < 4.78 is 39.9. The van der Waals surface area contributed by atoms with Crippen molar-refractivity contribution in [1.29, 1.82) is 0 Å². The minimum absolute atomic E-state index is 0.205. The highest BCUT2D eigenvalue weighted by atomic mass is 19.2. The molecular formula is C12H14F3NO. The molecule has 0 spiro atoms. The molecule has 2 nitrogen and oxygen atoms in total. The van der Waals surface area contributed by atoms with Crippen LogP contribution in [0.1, 0.15) is 18.4 Å². The molecule has 1 aliphatic rings. The molecule has 1 aromatic rings. The molecule has 0 amide bonds. The van der Waals surface area contributed by atoms with E-state index in [9.17, 15) is 18.3 Å². The highest BCUT2D eigenvalue weighted by Crippen LogP contribution is 2.42. The molecule has 1 saturated carbocycles. The van der Waals surface area contributed by atoms with E-state index in [1.807, 2.05) is 0 Å². The molecule has 17 heavy (non-hydrogen) atoms. The first kappa shape index (κ1) is 12.4. The quantitative estimate of drug-likeness (QED) is 0.853. The second-order valence-corrected chi connectivity index (χ2v) is 4.53. The van der Waals surface area contributed by atoms with E-state index in [1.54, 1.807) is 0 Å². The molecule has 0 radical (unpaired) electrons. The molecule has 0 aromatic heterocycles. The number of nitrogens with two attached hydrogens (primary N) is 1. The van der Waals surface area contributed by atoms with Crippen LogP contribution in [0.5, 0.6) is 0 Å². The first-order chi connectivity index (χ1) is 8.00. The van der Waals surface area contributed by atoms with Crippen LogP contribution in [0.15, 0.2) is 18.2 Å². The maximum Gasteiger partial charge on any atom is 0.163 e. The van der Waals surface area contributed by atoms with E-state index < -0.39 is 35.9 Å². The summed E-state index contributed by atoms with van der Waals surface area (Å²) in [6.45, 7) is -1.03. The van der Waals surface area contributed by atoms with Crippen LogP contribution in [0.2, 0.25) is 0 Å². The summed E-state index contributed by atoms with van der Waals surface area (Å²) in [5, 5.41) is 9.53. The van der Waals surface area contributed by atoms with Crippen molar-refractivity contribution in [2.75, 3.05) is 6.67 Å². The van der Waals surface area contributed by atoms with E-state index in [-0.39, 0.29) is 5.56 Å². The maximum absolute atomic E-state index is 13.6. The van der Waals surface area contributed by atoms with Crippen LogP contribution >= 0.6 is 0 Å². The van der Waals surface area contributed by atoms with Crippen molar-refractivity contribution < 1.29 is 18.3 Å². The van der Waals surface area contributed by atoms with Gasteiger partial charge in [-0.05, 0) is 18.9 Å². The molecule has 3 unspecified atom stereocenters. The highest BCUT2D eigenvalue weighted by molar-refractivity contribution is 5.29. The van der Waals surface area contributed by atoms with Gasteiger partial charge in [-0.3, -0.25) is 0 Å². The molecule has 3 atom stereocenters. The predicted octanol–water partition coefficient (Wildman–Crippen LogP) is 1.86. The maximum atomic E-state index is 13.6. The lowest BCUT2D eigenvalue weighted by atomic mass is 9.66. The van der Waals surface area contributed by atoms with Gasteiger partial charge in [-0.2, -0.15) is 0 Å². The lowest BCUT2D eigenvalue weighted by Crippen LogP contribution is -2.55. The third kappa shape index (κ3) is 1.83. The average Bonchev–Trinajstić information content (AvgIpc) is 2.30. The fourth-order valence-electron chi connectivity index (χ4n) is 2.32. The smallest absolute Gasteiger partial charge is 0.163 e. The van der Waals surface area contributed by atoms with Crippen LogP contribution in [-0.2, 0) is 5.54 Å². The summed E-state index contributed by atoms with van der Waals surface area (Å²) in [4.78, 5) is 0. The van der Waals surface area contributed by atoms with E-state index in [1.165, 1.54) is 12.1 Å². The summed E-state index contributed by atoms with van der Waals surface area (Å²) in [5.41, 5.74) is 3.99. The summed E-state index contributed by atoms with van der Waals surface area (Å²) in [7, 11) is 0. The van der Waals surface area contributed by atoms with Gasteiger partial charge in [0.25, 0.3) is 0 Å². The van der Waals surface area contributed by atoms with Crippen molar-refractivity contribution in [1.82, 2.24) is 0 Å². The lowest BCUT2D eigenvalue weighted by Gasteiger charge is -2.44. The van der Waals surface area contributed by atoms with Crippen molar-refractivity contribution in [3.8, 4) is 0 Å². The fourth-order valence-corrected chi connectivity index (χ4v) is 2.32. The monoisotopic (exact) mass is 245 g/mol. The van der Waals surface area contributed by atoms with Gasteiger partial charge in [0.15, 0.2) is 11.6 Å². The van der Waals surface area contributed by atoms with Crippen LogP contribution in [0.4, 0.5) is 13.2 Å². The summed E-state index contributed by atoms with van der Waals surface area (Å²) in [5.74, 6) is -2.75. The summed E-state index contributed by atoms with van der Waals surface area (Å²) in [6, 6.07) is 3.51. The minimum Gasteiger partial charge on any atom is -0.393 e. The fraction of sp³-hybridized carbons (Fsp3) is 0.500. The van der Waals surface area contributed by atoms with Crippen LogP contribution in [0.3, 0.4) is 0 Å². The van der Waals surface area contributed by atoms with E-state index >= 15 is 0 Å². The SMILES string of the molecule is NC(CF)(c1cccc(F)c1F)C1CCC1O. The first-order valence-corrected chi connectivity index (χ1v) is 5.48. The molecule has 0 aliphatic heterocycles. The van der Waals surface area contributed by atoms with Crippen molar-refractivity contribution in [2.24, 2.45) is 11.7 Å². The second kappa shape index (κ2) is 4.31. The Balaban J connectivity index is 2.44. The third-order valence-corrected chi connectivity index (χ3v) is 3.57. The topological polar surface area (TPSA) is 46.2 Å². The molecule has 0 heterocycles. The number of hydrogen-bond donors (Lipinski definition) is 2. The van der Waals surface area contributed by atoms with E-state index in [2.05, 4.69) is 0 Å². The Bertz CT molecular complexity index is 426. The second-order valence-electron chi connectivity index (χ2n) is 4.53. The molecular weight excluding hydrogens is 231 g/mol. The van der Waals surface area contributed by atoms with Crippen molar-refractivity contribution in [3.63, 3.8) is 0 Å². The van der Waals surface area contributed by atoms with Gasteiger partial charge < -0.3 is 10.8 Å². The van der Waals surface area contributed by atoms with Crippen LogP contribution in [-0.4, -0.2) is 17.9 Å². The van der Waals surface area contributed by atoms with E-state index in [0.717, 1.165) is 6.07 Å². The molecule has 1 aliphatic carbocycles. The Labute approximate surface area is 97.2 Å². The predicted molar refractivity (Wildman–Crippen MR) is 56.9 cm³/mol. The Hall–Kier alpha value is -1.07. The minimum atomic E-state index is -1.65.